The van der Waals surface area contributed by atoms with Crippen molar-refractivity contribution in [3.8, 4) is 5.75 Å². The topological polar surface area (TPSA) is 21.3 Å². The van der Waals surface area contributed by atoms with Crippen LogP contribution in [-0.4, -0.2) is 13.2 Å². The normalized spacial score (nSPS) is 30.6. The molecule has 2 nitrogen and oxygen atoms in total. The van der Waals surface area contributed by atoms with Crippen LogP contribution in [0.4, 0.5) is 5.69 Å². The van der Waals surface area contributed by atoms with Gasteiger partial charge in [0.2, 0.25) is 0 Å². The van der Waals surface area contributed by atoms with Gasteiger partial charge in [-0.2, -0.15) is 0 Å². The van der Waals surface area contributed by atoms with Crippen molar-refractivity contribution in [3.63, 3.8) is 0 Å². The molecule has 1 aromatic rings. The fraction of sp³-hybridized carbons (Fsp3) is 0.571. The second-order valence-electron chi connectivity index (χ2n) is 5.27. The Bertz CT molecular complexity index is 421. The van der Waals surface area contributed by atoms with E-state index < -0.39 is 0 Å². The summed E-state index contributed by atoms with van der Waals surface area (Å²) in [7, 11) is 1.71. The van der Waals surface area contributed by atoms with E-state index >= 15 is 0 Å². The Labute approximate surface area is 111 Å². The number of anilines is 1. The van der Waals surface area contributed by atoms with Crippen molar-refractivity contribution in [2.24, 2.45) is 11.8 Å². The highest BCUT2D eigenvalue weighted by molar-refractivity contribution is 9.10. The lowest BCUT2D eigenvalue weighted by molar-refractivity contribution is 0.414. The molecule has 17 heavy (non-hydrogen) atoms. The first-order valence-corrected chi connectivity index (χ1v) is 7.15. The van der Waals surface area contributed by atoms with Crippen molar-refractivity contribution in [1.29, 1.82) is 0 Å². The summed E-state index contributed by atoms with van der Waals surface area (Å²) >= 11 is 3.60. The predicted molar refractivity (Wildman–Crippen MR) is 73.6 cm³/mol. The largest absolute Gasteiger partial charge is 0.497 e. The molecule has 2 fully saturated rings. The van der Waals surface area contributed by atoms with Crippen LogP contribution in [0.2, 0.25) is 0 Å². The minimum Gasteiger partial charge on any atom is -0.497 e. The highest BCUT2D eigenvalue weighted by Gasteiger charge is 2.39. The Kier molecular flexibility index (Phi) is 3.03. The third kappa shape index (κ3) is 2.17. The molecular weight excluding hydrogens is 278 g/mol. The number of hydrogen-bond donors (Lipinski definition) is 1. The number of fused-ring (bicyclic) bond motifs is 2. The molecule has 3 atom stereocenters. The standard InChI is InChI=1S/C14H18BrNO/c1-17-11-4-5-12(15)14(8-11)16-13-7-9-2-3-10(13)6-9/h4-5,8-10,13,16H,2-3,6-7H2,1H3. The van der Waals surface area contributed by atoms with Crippen molar-refractivity contribution in [2.45, 2.75) is 31.7 Å². The maximum atomic E-state index is 5.28. The van der Waals surface area contributed by atoms with Gasteiger partial charge in [0.25, 0.3) is 0 Å². The van der Waals surface area contributed by atoms with Gasteiger partial charge >= 0.3 is 0 Å². The lowest BCUT2D eigenvalue weighted by Crippen LogP contribution is -2.25. The zero-order valence-electron chi connectivity index (χ0n) is 10.1. The summed E-state index contributed by atoms with van der Waals surface area (Å²) in [6.07, 6.45) is 5.62. The zero-order valence-corrected chi connectivity index (χ0v) is 11.7. The minimum absolute atomic E-state index is 0.664. The van der Waals surface area contributed by atoms with E-state index in [1.54, 1.807) is 7.11 Å². The zero-order chi connectivity index (χ0) is 11.8. The van der Waals surface area contributed by atoms with Crippen LogP contribution in [0.5, 0.6) is 5.75 Å². The second-order valence-corrected chi connectivity index (χ2v) is 6.13. The van der Waals surface area contributed by atoms with Gasteiger partial charge in [-0.15, -0.1) is 0 Å². The molecule has 3 heteroatoms. The van der Waals surface area contributed by atoms with Crippen LogP contribution in [-0.2, 0) is 0 Å². The Morgan fingerprint density at radius 2 is 2.18 bits per heavy atom. The Morgan fingerprint density at radius 3 is 2.82 bits per heavy atom. The van der Waals surface area contributed by atoms with Gasteiger partial charge < -0.3 is 10.1 Å². The van der Waals surface area contributed by atoms with E-state index in [2.05, 4.69) is 27.3 Å². The molecule has 0 aliphatic heterocycles. The first-order valence-electron chi connectivity index (χ1n) is 6.36. The van der Waals surface area contributed by atoms with Crippen LogP contribution in [0.1, 0.15) is 25.7 Å². The molecule has 3 unspecified atom stereocenters. The lowest BCUT2D eigenvalue weighted by atomic mass is 9.95. The average molecular weight is 296 g/mol. The van der Waals surface area contributed by atoms with Crippen LogP contribution in [0.3, 0.4) is 0 Å². The highest BCUT2D eigenvalue weighted by atomic mass is 79.9. The number of rotatable bonds is 3. The fourth-order valence-electron chi connectivity index (χ4n) is 3.36. The van der Waals surface area contributed by atoms with Gasteiger partial charge in [-0.05, 0) is 59.2 Å². The molecule has 0 aromatic heterocycles. The molecular formula is C14H18BrNO. The summed E-state index contributed by atoms with van der Waals surface area (Å²) in [6.45, 7) is 0. The summed E-state index contributed by atoms with van der Waals surface area (Å²) in [5.74, 6) is 2.78. The number of ether oxygens (including phenoxy) is 1. The second kappa shape index (κ2) is 4.52. The van der Waals surface area contributed by atoms with Crippen molar-refractivity contribution >= 4 is 21.6 Å². The highest BCUT2D eigenvalue weighted by Crippen LogP contribution is 2.46. The van der Waals surface area contributed by atoms with E-state index in [9.17, 15) is 0 Å². The third-order valence-electron chi connectivity index (χ3n) is 4.25. The van der Waals surface area contributed by atoms with Crippen LogP contribution in [0, 0.1) is 11.8 Å². The van der Waals surface area contributed by atoms with Crippen molar-refractivity contribution < 1.29 is 4.74 Å². The van der Waals surface area contributed by atoms with E-state index in [0.717, 1.165) is 22.1 Å². The first-order chi connectivity index (χ1) is 8.26. The van der Waals surface area contributed by atoms with Gasteiger partial charge in [0.05, 0.1) is 12.8 Å². The first kappa shape index (κ1) is 11.4. The van der Waals surface area contributed by atoms with E-state index in [-0.39, 0.29) is 0 Å². The summed E-state index contributed by atoms with van der Waals surface area (Å²) in [5, 5.41) is 3.69. The molecule has 1 N–H and O–H groups in total. The quantitative estimate of drug-likeness (QED) is 0.908. The van der Waals surface area contributed by atoms with Gasteiger partial charge in [-0.1, -0.05) is 6.42 Å². The predicted octanol–water partition coefficient (Wildman–Crippen LogP) is 4.06. The maximum Gasteiger partial charge on any atom is 0.121 e. The fourth-order valence-corrected chi connectivity index (χ4v) is 3.72. The molecule has 2 bridgehead atoms. The molecule has 0 heterocycles. The molecule has 2 aliphatic rings. The molecule has 0 spiro atoms. The number of halogens is 1. The van der Waals surface area contributed by atoms with E-state index in [4.69, 9.17) is 4.74 Å². The smallest absolute Gasteiger partial charge is 0.121 e. The minimum atomic E-state index is 0.664. The van der Waals surface area contributed by atoms with Crippen LogP contribution >= 0.6 is 15.9 Å². The molecule has 1 aromatic carbocycles. The maximum absolute atomic E-state index is 5.28. The Morgan fingerprint density at radius 1 is 1.29 bits per heavy atom. The molecule has 2 saturated carbocycles. The van der Waals surface area contributed by atoms with E-state index in [0.29, 0.717) is 6.04 Å². The number of nitrogens with one attached hydrogen (secondary N) is 1. The summed E-state index contributed by atoms with van der Waals surface area (Å²) in [6, 6.07) is 6.78. The Balaban J connectivity index is 1.76. The average Bonchev–Trinajstić information content (AvgIpc) is 2.94. The van der Waals surface area contributed by atoms with E-state index in [1.165, 1.54) is 31.4 Å². The van der Waals surface area contributed by atoms with Crippen LogP contribution in [0.15, 0.2) is 22.7 Å². The van der Waals surface area contributed by atoms with Gasteiger partial charge in [0.15, 0.2) is 0 Å². The monoisotopic (exact) mass is 295 g/mol. The third-order valence-corrected chi connectivity index (χ3v) is 4.94. The molecule has 0 saturated heterocycles. The Hall–Kier alpha value is -0.700. The van der Waals surface area contributed by atoms with Crippen LogP contribution in [0.25, 0.3) is 0 Å². The number of hydrogen-bond acceptors (Lipinski definition) is 2. The lowest BCUT2D eigenvalue weighted by Gasteiger charge is -2.24. The molecule has 92 valence electrons. The van der Waals surface area contributed by atoms with Gasteiger partial charge in [0, 0.05) is 16.6 Å². The summed E-state index contributed by atoms with van der Waals surface area (Å²) in [5.41, 5.74) is 1.17. The summed E-state index contributed by atoms with van der Waals surface area (Å²) < 4.78 is 6.40. The molecule has 3 rings (SSSR count). The number of methoxy groups -OCH3 is 1. The van der Waals surface area contributed by atoms with Crippen molar-refractivity contribution in [2.75, 3.05) is 12.4 Å². The van der Waals surface area contributed by atoms with Gasteiger partial charge in [0.1, 0.15) is 5.75 Å². The van der Waals surface area contributed by atoms with Crippen molar-refractivity contribution in [1.82, 2.24) is 0 Å². The molecule has 0 radical (unpaired) electrons. The summed E-state index contributed by atoms with van der Waals surface area (Å²) in [4.78, 5) is 0. The SMILES string of the molecule is COc1ccc(Br)c(NC2CC3CCC2C3)c1. The van der Waals surface area contributed by atoms with Crippen LogP contribution < -0.4 is 10.1 Å². The van der Waals surface area contributed by atoms with E-state index in [1.807, 2.05) is 12.1 Å². The van der Waals surface area contributed by atoms with Gasteiger partial charge in [-0.25, -0.2) is 0 Å². The van der Waals surface area contributed by atoms with Crippen molar-refractivity contribution in [3.05, 3.63) is 22.7 Å². The molecule has 0 amide bonds. The van der Waals surface area contributed by atoms with Gasteiger partial charge in [-0.3, -0.25) is 0 Å². The molecule has 2 aliphatic carbocycles. The number of benzene rings is 1.